The Hall–Kier alpha value is -2.93. The van der Waals surface area contributed by atoms with Gasteiger partial charge in [0.1, 0.15) is 11.4 Å². The molecule has 1 spiro atoms. The summed E-state index contributed by atoms with van der Waals surface area (Å²) < 4.78 is 6.23. The molecule has 2 amide bonds. The molecule has 156 valence electrons. The number of imidazole rings is 1. The van der Waals surface area contributed by atoms with Crippen LogP contribution in [0.25, 0.3) is 0 Å². The van der Waals surface area contributed by atoms with Gasteiger partial charge in [-0.15, -0.1) is 0 Å². The number of amides is 2. The summed E-state index contributed by atoms with van der Waals surface area (Å²) >= 11 is 0. The third kappa shape index (κ3) is 3.04. The molecule has 3 aliphatic rings. The van der Waals surface area contributed by atoms with Gasteiger partial charge >= 0.3 is 0 Å². The fraction of sp³-hybridized carbons (Fsp3) is 0.435. The van der Waals surface area contributed by atoms with Crippen molar-refractivity contribution >= 4 is 11.8 Å². The van der Waals surface area contributed by atoms with Crippen LogP contribution in [0.2, 0.25) is 0 Å². The van der Waals surface area contributed by atoms with Crippen LogP contribution in [-0.4, -0.2) is 63.4 Å². The second-order valence-electron chi connectivity index (χ2n) is 8.63. The van der Waals surface area contributed by atoms with Crippen LogP contribution in [0, 0.1) is 18.8 Å². The molecule has 0 saturated carbocycles. The van der Waals surface area contributed by atoms with Crippen molar-refractivity contribution in [3.05, 3.63) is 65.8 Å². The van der Waals surface area contributed by atoms with E-state index in [2.05, 4.69) is 41.2 Å². The third-order valence-corrected chi connectivity index (χ3v) is 6.57. The van der Waals surface area contributed by atoms with Crippen molar-refractivity contribution in [1.82, 2.24) is 19.8 Å². The van der Waals surface area contributed by atoms with Crippen LogP contribution >= 0.6 is 0 Å². The Kier molecular flexibility index (Phi) is 4.50. The summed E-state index contributed by atoms with van der Waals surface area (Å²) in [4.78, 5) is 37.3. The monoisotopic (exact) mass is 406 g/mol. The molecule has 1 N–H and O–H groups in total. The number of hydrogen-bond acceptors (Lipinski definition) is 4. The molecular formula is C23H26N4O3. The van der Waals surface area contributed by atoms with Gasteiger partial charge in [-0.1, -0.05) is 42.0 Å². The van der Waals surface area contributed by atoms with Crippen LogP contribution in [0.15, 0.2) is 48.8 Å². The maximum Gasteiger partial charge on any atom is 0.230 e. The van der Waals surface area contributed by atoms with E-state index in [4.69, 9.17) is 4.74 Å². The smallest absolute Gasteiger partial charge is 0.230 e. The molecule has 2 aromatic rings. The molecule has 2 fully saturated rings. The zero-order valence-electron chi connectivity index (χ0n) is 17.2. The number of carbonyl (C=O) groups excluding carboxylic acids is 2. The highest BCUT2D eigenvalue weighted by Gasteiger charge is 2.66. The average Bonchev–Trinajstić information content (AvgIpc) is 3.50. The molecule has 4 heterocycles. The molecule has 30 heavy (non-hydrogen) atoms. The van der Waals surface area contributed by atoms with Gasteiger partial charge in [-0.2, -0.15) is 0 Å². The van der Waals surface area contributed by atoms with Gasteiger partial charge in [0.05, 0.1) is 31.0 Å². The number of aromatic amines is 1. The molecule has 0 radical (unpaired) electrons. The number of nitrogens with one attached hydrogen (secondary N) is 1. The number of nitrogens with zero attached hydrogens (tertiary/aromatic N) is 3. The Bertz CT molecular complexity index is 984. The number of aryl methyl sites for hydroxylation is 1. The number of hydrogen-bond donors (Lipinski definition) is 1. The summed E-state index contributed by atoms with van der Waals surface area (Å²) in [5.41, 5.74) is 1.76. The molecular weight excluding hydrogens is 380 g/mol. The summed E-state index contributed by atoms with van der Waals surface area (Å²) in [6, 6.07) is 8.39. The van der Waals surface area contributed by atoms with Crippen molar-refractivity contribution in [3.8, 4) is 0 Å². The highest BCUT2D eigenvalue weighted by Crippen LogP contribution is 2.52. The fourth-order valence-corrected chi connectivity index (χ4v) is 5.01. The van der Waals surface area contributed by atoms with Crippen molar-refractivity contribution in [2.45, 2.75) is 31.6 Å². The lowest BCUT2D eigenvalue weighted by atomic mass is 9.76. The number of aromatic nitrogens is 2. The van der Waals surface area contributed by atoms with E-state index in [0.29, 0.717) is 19.6 Å². The zero-order chi connectivity index (χ0) is 20.9. The SMILES string of the molecule is Cc1ccc(CCN2C[C@]34C=C[C@H](O3)[C@H](C(=O)N(C)Cc3ncc[nH]3)[C@@H]4C2=O)cc1. The van der Waals surface area contributed by atoms with Gasteiger partial charge in [-0.3, -0.25) is 9.59 Å². The Balaban J connectivity index is 1.30. The van der Waals surface area contributed by atoms with Crippen LogP contribution in [0.4, 0.5) is 0 Å². The molecule has 7 heteroatoms. The zero-order valence-corrected chi connectivity index (χ0v) is 17.2. The molecule has 1 aromatic heterocycles. The number of fused-ring (bicyclic) bond motifs is 1. The van der Waals surface area contributed by atoms with Gasteiger partial charge in [0.2, 0.25) is 11.8 Å². The van der Waals surface area contributed by atoms with E-state index >= 15 is 0 Å². The predicted molar refractivity (Wildman–Crippen MR) is 110 cm³/mol. The van der Waals surface area contributed by atoms with Crippen LogP contribution < -0.4 is 0 Å². The average molecular weight is 406 g/mol. The first kappa shape index (κ1) is 19.1. The van der Waals surface area contributed by atoms with E-state index in [-0.39, 0.29) is 17.9 Å². The van der Waals surface area contributed by atoms with Gasteiger partial charge in [-0.05, 0) is 18.9 Å². The van der Waals surface area contributed by atoms with Crippen LogP contribution in [0.1, 0.15) is 17.0 Å². The summed E-state index contributed by atoms with van der Waals surface area (Å²) in [5, 5.41) is 0. The highest BCUT2D eigenvalue weighted by molar-refractivity contribution is 5.93. The molecule has 2 bridgehead atoms. The Morgan fingerprint density at radius 1 is 1.37 bits per heavy atom. The number of carbonyl (C=O) groups is 2. The van der Waals surface area contributed by atoms with Crippen LogP contribution in [-0.2, 0) is 27.3 Å². The van der Waals surface area contributed by atoms with Crippen molar-refractivity contribution in [3.63, 3.8) is 0 Å². The van der Waals surface area contributed by atoms with Gasteiger partial charge < -0.3 is 19.5 Å². The molecule has 0 unspecified atom stereocenters. The minimum Gasteiger partial charge on any atom is -0.360 e. The third-order valence-electron chi connectivity index (χ3n) is 6.57. The minimum atomic E-state index is -0.666. The molecule has 1 aromatic carbocycles. The van der Waals surface area contributed by atoms with Crippen LogP contribution in [0.3, 0.4) is 0 Å². The van der Waals surface area contributed by atoms with Crippen molar-refractivity contribution < 1.29 is 14.3 Å². The first-order chi connectivity index (χ1) is 14.5. The molecule has 2 saturated heterocycles. The summed E-state index contributed by atoms with van der Waals surface area (Å²) in [7, 11) is 1.75. The standard InChI is InChI=1S/C23H26N4O3/c1-15-3-5-16(6-4-15)8-12-27-14-23-9-7-17(30-23)19(20(23)22(27)29)21(28)26(2)13-18-24-10-11-25-18/h3-7,9-11,17,19-20H,8,12-14H2,1-2H3,(H,24,25)/t17-,19-,20+,23-/m0/s1. The van der Waals surface area contributed by atoms with E-state index in [1.165, 1.54) is 11.1 Å². The molecule has 0 aliphatic carbocycles. The largest absolute Gasteiger partial charge is 0.360 e. The highest BCUT2D eigenvalue weighted by atomic mass is 16.5. The molecule has 7 nitrogen and oxygen atoms in total. The van der Waals surface area contributed by atoms with Crippen molar-refractivity contribution in [2.75, 3.05) is 20.1 Å². The Morgan fingerprint density at radius 2 is 2.17 bits per heavy atom. The molecule has 4 atom stereocenters. The number of likely N-dealkylation sites (tertiary alicyclic amines) is 1. The summed E-state index contributed by atoms with van der Waals surface area (Å²) in [6.45, 7) is 3.59. The van der Waals surface area contributed by atoms with E-state index in [1.54, 1.807) is 24.3 Å². The Morgan fingerprint density at radius 3 is 2.90 bits per heavy atom. The van der Waals surface area contributed by atoms with E-state index in [0.717, 1.165) is 12.2 Å². The number of H-pyrrole nitrogens is 1. The number of benzene rings is 1. The van der Waals surface area contributed by atoms with Gasteiger partial charge in [0, 0.05) is 26.0 Å². The maximum absolute atomic E-state index is 13.3. The quantitative estimate of drug-likeness (QED) is 0.741. The Labute approximate surface area is 175 Å². The molecule has 3 aliphatic heterocycles. The maximum atomic E-state index is 13.3. The lowest BCUT2D eigenvalue weighted by molar-refractivity contribution is -0.142. The van der Waals surface area contributed by atoms with Gasteiger partial charge in [-0.25, -0.2) is 4.98 Å². The van der Waals surface area contributed by atoms with E-state index in [9.17, 15) is 9.59 Å². The number of ether oxygens (including phenoxy) is 1. The molecule has 5 rings (SSSR count). The normalized spacial score (nSPS) is 28.9. The second kappa shape index (κ2) is 7.09. The van der Waals surface area contributed by atoms with Crippen LogP contribution in [0.5, 0.6) is 0 Å². The lowest BCUT2D eigenvalue weighted by Crippen LogP contribution is -2.44. The van der Waals surface area contributed by atoms with E-state index < -0.39 is 17.4 Å². The first-order valence-corrected chi connectivity index (χ1v) is 10.4. The van der Waals surface area contributed by atoms with Crippen molar-refractivity contribution in [2.24, 2.45) is 11.8 Å². The van der Waals surface area contributed by atoms with Gasteiger partial charge in [0.15, 0.2) is 0 Å². The minimum absolute atomic E-state index is 0.0266. The second-order valence-corrected chi connectivity index (χ2v) is 8.63. The van der Waals surface area contributed by atoms with Gasteiger partial charge in [0.25, 0.3) is 0 Å². The fourth-order valence-electron chi connectivity index (χ4n) is 5.01. The first-order valence-electron chi connectivity index (χ1n) is 10.4. The summed E-state index contributed by atoms with van der Waals surface area (Å²) in [5.74, 6) is -0.248. The summed E-state index contributed by atoms with van der Waals surface area (Å²) in [6.07, 6.45) is 7.82. The predicted octanol–water partition coefficient (Wildman–Crippen LogP) is 1.70. The lowest BCUT2D eigenvalue weighted by Gasteiger charge is -2.27. The van der Waals surface area contributed by atoms with Crippen molar-refractivity contribution in [1.29, 1.82) is 0 Å². The number of rotatable bonds is 6. The van der Waals surface area contributed by atoms with E-state index in [1.807, 2.05) is 17.1 Å². The topological polar surface area (TPSA) is 78.5 Å².